The summed E-state index contributed by atoms with van der Waals surface area (Å²) >= 11 is 0. The minimum Gasteiger partial charge on any atom is -0.479 e. The number of amides is 2. The highest BCUT2D eigenvalue weighted by atomic mass is 16.6. The van der Waals surface area contributed by atoms with Gasteiger partial charge in [-0.25, -0.2) is 29.3 Å². The molecule has 2 aliphatic rings. The molecule has 2 saturated heterocycles. The van der Waals surface area contributed by atoms with Crippen molar-refractivity contribution < 1.29 is 44.3 Å². The second-order valence-electron chi connectivity index (χ2n) is 11.5. The van der Waals surface area contributed by atoms with Crippen LogP contribution in [0.1, 0.15) is 44.3 Å². The topological polar surface area (TPSA) is 227 Å². The van der Waals surface area contributed by atoms with Gasteiger partial charge in [-0.1, -0.05) is 19.1 Å². The number of aliphatic carboxylic acids is 2. The number of nitrogens with zero attached hydrogens (tertiary/aromatic N) is 6. The van der Waals surface area contributed by atoms with E-state index < -0.39 is 54.6 Å². The molecule has 2 fully saturated rings. The molecule has 0 spiro atoms. The van der Waals surface area contributed by atoms with Crippen LogP contribution >= 0.6 is 0 Å². The number of urea groups is 1. The number of carboxylic acids is 2. The van der Waals surface area contributed by atoms with Crippen LogP contribution in [0, 0.1) is 6.92 Å². The molecule has 242 valence electrons. The average Bonchev–Trinajstić information content (AvgIpc) is 3.50. The van der Waals surface area contributed by atoms with Crippen molar-refractivity contribution >= 4 is 40.6 Å². The summed E-state index contributed by atoms with van der Waals surface area (Å²) in [5, 5.41) is 42.4. The molecule has 0 unspecified atom stereocenters. The molecule has 2 aliphatic heterocycles. The number of benzene rings is 1. The number of anilines is 2. The highest BCUT2D eigenvalue weighted by molar-refractivity contribution is 6.02. The molecule has 16 nitrogen and oxygen atoms in total. The van der Waals surface area contributed by atoms with E-state index in [0.717, 1.165) is 12.8 Å². The van der Waals surface area contributed by atoms with Gasteiger partial charge < -0.3 is 40.5 Å². The first-order chi connectivity index (χ1) is 21.3. The Morgan fingerprint density at radius 3 is 2.51 bits per heavy atom. The van der Waals surface area contributed by atoms with Crippen molar-refractivity contribution in [2.75, 3.05) is 36.9 Å². The Kier molecular flexibility index (Phi) is 8.68. The lowest BCUT2D eigenvalue weighted by molar-refractivity contribution is -0.192. The van der Waals surface area contributed by atoms with Crippen LogP contribution < -0.4 is 10.6 Å². The first-order valence-corrected chi connectivity index (χ1v) is 14.6. The fourth-order valence-electron chi connectivity index (χ4n) is 5.74. The number of carbonyl (C=O) groups excluding carboxylic acids is 1. The van der Waals surface area contributed by atoms with Gasteiger partial charge in [0.15, 0.2) is 17.7 Å². The number of imidazole rings is 1. The van der Waals surface area contributed by atoms with Crippen LogP contribution in [0.15, 0.2) is 30.6 Å². The van der Waals surface area contributed by atoms with Gasteiger partial charge in [0.2, 0.25) is 0 Å². The Bertz CT molecular complexity index is 1580. The first-order valence-electron chi connectivity index (χ1n) is 14.6. The first kappa shape index (κ1) is 32.0. The zero-order valence-corrected chi connectivity index (χ0v) is 25.2. The van der Waals surface area contributed by atoms with Crippen molar-refractivity contribution in [1.29, 1.82) is 0 Å². The summed E-state index contributed by atoms with van der Waals surface area (Å²) in [6, 6.07) is 6.25. The van der Waals surface area contributed by atoms with Crippen LogP contribution in [-0.4, -0.2) is 112 Å². The molecule has 3 aromatic rings. The number of rotatable bonds is 11. The van der Waals surface area contributed by atoms with Gasteiger partial charge in [0.25, 0.3) is 5.60 Å². The Hall–Kier alpha value is -4.38. The highest BCUT2D eigenvalue weighted by Gasteiger charge is 2.56. The third-order valence-electron chi connectivity index (χ3n) is 8.34. The largest absolute Gasteiger partial charge is 0.479 e. The third kappa shape index (κ3) is 5.77. The van der Waals surface area contributed by atoms with Crippen molar-refractivity contribution in [2.45, 2.75) is 69.7 Å². The fourth-order valence-corrected chi connectivity index (χ4v) is 5.74. The number of fused-ring (bicyclic) bond motifs is 1. The Labute approximate surface area is 258 Å². The Balaban J connectivity index is 1.34. The van der Waals surface area contributed by atoms with E-state index in [0.29, 0.717) is 36.7 Å². The Morgan fingerprint density at radius 1 is 1.18 bits per heavy atom. The molecule has 2 amide bonds. The zero-order valence-electron chi connectivity index (χ0n) is 25.2. The maximum Gasteiger partial charge on any atom is 0.348 e. The molecule has 4 heterocycles. The van der Waals surface area contributed by atoms with Gasteiger partial charge in [0.1, 0.15) is 29.2 Å². The van der Waals surface area contributed by atoms with Crippen molar-refractivity contribution in [1.82, 2.24) is 24.4 Å². The summed E-state index contributed by atoms with van der Waals surface area (Å²) in [4.78, 5) is 53.7. The quantitative estimate of drug-likeness (QED) is 0.187. The molecule has 0 aliphatic carbocycles. The lowest BCUT2D eigenvalue weighted by atomic mass is 9.92. The number of nitrogen functional groups attached to an aromatic ring is 1. The molecule has 2 aromatic heterocycles. The van der Waals surface area contributed by atoms with Crippen molar-refractivity contribution in [2.24, 2.45) is 0 Å². The van der Waals surface area contributed by atoms with E-state index in [2.05, 4.69) is 15.0 Å². The molecule has 0 saturated carbocycles. The minimum absolute atomic E-state index is 0.108. The predicted octanol–water partition coefficient (Wildman–Crippen LogP) is 0.936. The lowest BCUT2D eigenvalue weighted by Crippen LogP contribution is -2.54. The van der Waals surface area contributed by atoms with Crippen molar-refractivity contribution in [3.8, 4) is 0 Å². The zero-order chi connectivity index (χ0) is 32.7. The number of aromatic nitrogens is 4. The molecule has 4 atom stereocenters. The number of nitrogens with two attached hydrogens (primary N) is 1. The molecule has 0 bridgehead atoms. The number of carboxylic acid groups (broad SMARTS) is 2. The standard InChI is InChI=1S/C29H37N7O9/c1-4-10-34-11-5-12-35(27(34)42)18-8-6-17(7-9-18)13-29(25(38)39,26(40)41)44-14-19-28(3,43)21(37)24(45-19)36-15-31-20-22(30)32-16(2)33-23(20)36/h6-9,15,19,21,24,37,43H,4-5,10-14H2,1-3H3,(H,38,39)(H,40,41)(H2,30,32,33)/t19-,21+,24-,28-/m1/s1. The van der Waals surface area contributed by atoms with Crippen LogP contribution in [0.25, 0.3) is 11.2 Å². The molecule has 1 aromatic carbocycles. The van der Waals surface area contributed by atoms with Crippen LogP contribution in [-0.2, 0) is 25.5 Å². The van der Waals surface area contributed by atoms with Crippen molar-refractivity contribution in [3.05, 3.63) is 42.0 Å². The van der Waals surface area contributed by atoms with Crippen molar-refractivity contribution in [3.63, 3.8) is 0 Å². The van der Waals surface area contributed by atoms with Gasteiger partial charge >= 0.3 is 18.0 Å². The molecule has 6 N–H and O–H groups in total. The fraction of sp³-hybridized carbons (Fsp3) is 0.517. The minimum atomic E-state index is -2.76. The number of aryl methyl sites for hydroxylation is 1. The van der Waals surface area contributed by atoms with Gasteiger partial charge in [-0.3, -0.25) is 9.47 Å². The number of aliphatic hydroxyl groups excluding tert-OH is 1. The molecular weight excluding hydrogens is 590 g/mol. The van der Waals surface area contributed by atoms with Crippen LogP contribution in [0.4, 0.5) is 16.3 Å². The summed E-state index contributed by atoms with van der Waals surface area (Å²) in [5.74, 6) is -3.09. The summed E-state index contributed by atoms with van der Waals surface area (Å²) in [6.07, 6.45) is -1.80. The molecule has 5 rings (SSSR count). The molecule has 0 radical (unpaired) electrons. The monoisotopic (exact) mass is 627 g/mol. The van der Waals surface area contributed by atoms with E-state index in [-0.39, 0.29) is 23.0 Å². The summed E-state index contributed by atoms with van der Waals surface area (Å²) in [6.45, 7) is 6.02. The number of aliphatic hydroxyl groups is 2. The molecule has 16 heteroatoms. The SMILES string of the molecule is CCCN1CCCN(c2ccc(CC(OC[C@H]3O[C@@H](n4cnc5c(N)nc(C)nc54)[C@H](O)[C@]3(C)O)(C(=O)O)C(=O)O)cc2)C1=O. The van der Waals surface area contributed by atoms with Crippen LogP contribution in [0.5, 0.6) is 0 Å². The number of carbonyl (C=O) groups is 3. The van der Waals surface area contributed by atoms with Gasteiger partial charge in [-0.2, -0.15) is 0 Å². The summed E-state index contributed by atoms with van der Waals surface area (Å²) in [7, 11) is 0. The molecular formula is C29H37N7O9. The van der Waals surface area contributed by atoms with Gasteiger partial charge in [-0.15, -0.1) is 0 Å². The lowest BCUT2D eigenvalue weighted by Gasteiger charge is -2.35. The van der Waals surface area contributed by atoms with Gasteiger partial charge in [-0.05, 0) is 44.4 Å². The van der Waals surface area contributed by atoms with Gasteiger partial charge in [0, 0.05) is 31.7 Å². The maximum atomic E-state index is 12.9. The van der Waals surface area contributed by atoms with E-state index >= 15 is 0 Å². The van der Waals surface area contributed by atoms with Crippen LogP contribution in [0.2, 0.25) is 0 Å². The predicted molar refractivity (Wildman–Crippen MR) is 158 cm³/mol. The van der Waals surface area contributed by atoms with E-state index in [4.69, 9.17) is 15.2 Å². The van der Waals surface area contributed by atoms with E-state index in [9.17, 15) is 34.8 Å². The number of hydrogen-bond donors (Lipinski definition) is 5. The van der Waals surface area contributed by atoms with E-state index in [1.807, 2.05) is 6.92 Å². The maximum absolute atomic E-state index is 12.9. The second kappa shape index (κ2) is 12.2. The molecule has 45 heavy (non-hydrogen) atoms. The second-order valence-corrected chi connectivity index (χ2v) is 11.5. The van der Waals surface area contributed by atoms with E-state index in [1.54, 1.807) is 41.0 Å². The number of hydrogen-bond acceptors (Lipinski definition) is 11. The normalized spacial score (nSPS) is 24.0. The van der Waals surface area contributed by atoms with Gasteiger partial charge in [0.05, 0.1) is 12.9 Å². The van der Waals surface area contributed by atoms with Crippen LogP contribution in [0.3, 0.4) is 0 Å². The third-order valence-corrected chi connectivity index (χ3v) is 8.34. The average molecular weight is 628 g/mol. The number of ether oxygens (including phenoxy) is 2. The summed E-state index contributed by atoms with van der Waals surface area (Å²) < 4.78 is 12.9. The highest BCUT2D eigenvalue weighted by Crippen LogP contribution is 2.39. The smallest absolute Gasteiger partial charge is 0.348 e. The Morgan fingerprint density at radius 2 is 1.87 bits per heavy atom. The van der Waals surface area contributed by atoms with E-state index in [1.165, 1.54) is 17.8 Å². The summed E-state index contributed by atoms with van der Waals surface area (Å²) in [5.41, 5.74) is 2.60.